The molecule has 4 nitrogen and oxygen atoms in total. The lowest BCUT2D eigenvalue weighted by Gasteiger charge is -2.07. The topological polar surface area (TPSA) is 54.0 Å². The van der Waals surface area contributed by atoms with Crippen molar-refractivity contribution in [2.45, 2.75) is 26.7 Å². The number of nitrogens with zero attached hydrogens (tertiary/aromatic N) is 1. The Morgan fingerprint density at radius 2 is 2.33 bits per heavy atom. The van der Waals surface area contributed by atoms with Crippen molar-refractivity contribution >= 4 is 11.7 Å². The summed E-state index contributed by atoms with van der Waals surface area (Å²) >= 11 is 0. The summed E-state index contributed by atoms with van der Waals surface area (Å²) in [6, 6.07) is 3.56. The van der Waals surface area contributed by atoms with Crippen LogP contribution in [0.3, 0.4) is 0 Å². The normalized spacial score (nSPS) is 21.4. The smallest absolute Gasteiger partial charge is 0.251 e. The van der Waals surface area contributed by atoms with Crippen molar-refractivity contribution in [2.24, 2.45) is 11.8 Å². The first-order chi connectivity index (χ1) is 8.70. The highest BCUT2D eigenvalue weighted by Gasteiger charge is 2.32. The van der Waals surface area contributed by atoms with E-state index in [9.17, 15) is 4.79 Å². The van der Waals surface area contributed by atoms with Gasteiger partial charge in [0.2, 0.25) is 0 Å². The van der Waals surface area contributed by atoms with Crippen LogP contribution in [0.4, 0.5) is 5.82 Å². The average molecular weight is 247 g/mol. The zero-order valence-electron chi connectivity index (χ0n) is 11.1. The number of carbonyl (C=O) groups excluding carboxylic acids is 1. The van der Waals surface area contributed by atoms with Crippen molar-refractivity contribution in [2.75, 3.05) is 18.4 Å². The second kappa shape index (κ2) is 5.85. The van der Waals surface area contributed by atoms with Crippen molar-refractivity contribution in [3.05, 3.63) is 23.9 Å². The van der Waals surface area contributed by atoms with Gasteiger partial charge in [0, 0.05) is 24.8 Å². The third-order valence-electron chi connectivity index (χ3n) is 3.38. The van der Waals surface area contributed by atoms with E-state index in [-0.39, 0.29) is 5.91 Å². The maximum atomic E-state index is 11.9. The van der Waals surface area contributed by atoms with Crippen LogP contribution in [0.15, 0.2) is 18.3 Å². The predicted octanol–water partition coefficient (Wildman–Crippen LogP) is 2.29. The number of amides is 1. The third kappa shape index (κ3) is 3.45. The molecule has 2 rings (SSSR count). The van der Waals surface area contributed by atoms with Crippen LogP contribution in [-0.4, -0.2) is 24.0 Å². The Morgan fingerprint density at radius 1 is 1.56 bits per heavy atom. The van der Waals surface area contributed by atoms with E-state index in [0.717, 1.165) is 31.2 Å². The average Bonchev–Trinajstić information content (AvgIpc) is 3.10. The van der Waals surface area contributed by atoms with E-state index < -0.39 is 0 Å². The Hall–Kier alpha value is -1.58. The molecular weight excluding hydrogens is 226 g/mol. The minimum absolute atomic E-state index is 0.00366. The van der Waals surface area contributed by atoms with Gasteiger partial charge in [-0.05, 0) is 36.8 Å². The summed E-state index contributed by atoms with van der Waals surface area (Å²) < 4.78 is 0. The van der Waals surface area contributed by atoms with Crippen LogP contribution in [0.5, 0.6) is 0 Å². The fourth-order valence-electron chi connectivity index (χ4n) is 1.93. The van der Waals surface area contributed by atoms with Gasteiger partial charge in [-0.15, -0.1) is 0 Å². The molecule has 0 aliphatic heterocycles. The molecule has 0 saturated heterocycles. The fraction of sp³-hybridized carbons (Fsp3) is 0.571. The van der Waals surface area contributed by atoms with Crippen molar-refractivity contribution in [1.29, 1.82) is 0 Å². The molecule has 1 saturated carbocycles. The van der Waals surface area contributed by atoms with E-state index in [2.05, 4.69) is 29.5 Å². The van der Waals surface area contributed by atoms with Crippen LogP contribution in [0.25, 0.3) is 0 Å². The van der Waals surface area contributed by atoms with Gasteiger partial charge in [-0.25, -0.2) is 4.98 Å². The molecule has 1 amide bonds. The van der Waals surface area contributed by atoms with Crippen molar-refractivity contribution in [3.63, 3.8) is 0 Å². The SMILES string of the molecule is CCCNc1cc(C(=O)NCC2CC2C)ccn1. The molecule has 98 valence electrons. The number of anilines is 1. The molecule has 2 unspecified atom stereocenters. The second-order valence-corrected chi connectivity index (χ2v) is 5.04. The molecule has 4 heteroatoms. The first kappa shape index (κ1) is 12.9. The van der Waals surface area contributed by atoms with E-state index in [0.29, 0.717) is 11.5 Å². The van der Waals surface area contributed by atoms with E-state index in [1.165, 1.54) is 6.42 Å². The summed E-state index contributed by atoms with van der Waals surface area (Å²) in [6.45, 7) is 5.98. The Balaban J connectivity index is 1.88. The maximum absolute atomic E-state index is 11.9. The molecule has 1 aromatic heterocycles. The maximum Gasteiger partial charge on any atom is 0.251 e. The van der Waals surface area contributed by atoms with Gasteiger partial charge in [-0.2, -0.15) is 0 Å². The number of nitrogens with one attached hydrogen (secondary N) is 2. The molecule has 2 N–H and O–H groups in total. The molecule has 1 aliphatic rings. The summed E-state index contributed by atoms with van der Waals surface area (Å²) in [4.78, 5) is 16.1. The largest absolute Gasteiger partial charge is 0.370 e. The van der Waals surface area contributed by atoms with Gasteiger partial charge in [-0.1, -0.05) is 13.8 Å². The van der Waals surface area contributed by atoms with Gasteiger partial charge in [0.25, 0.3) is 5.91 Å². The molecule has 0 spiro atoms. The Bertz CT molecular complexity index is 419. The first-order valence-corrected chi connectivity index (χ1v) is 6.68. The standard InChI is InChI=1S/C14H21N3O/c1-3-5-15-13-8-11(4-6-16-13)14(18)17-9-12-7-10(12)2/h4,6,8,10,12H,3,5,7,9H2,1-2H3,(H,15,16)(H,17,18). The first-order valence-electron chi connectivity index (χ1n) is 6.68. The van der Waals surface area contributed by atoms with Gasteiger partial charge in [0.1, 0.15) is 5.82 Å². The van der Waals surface area contributed by atoms with Crippen LogP contribution < -0.4 is 10.6 Å². The number of pyridine rings is 1. The van der Waals surface area contributed by atoms with Crippen LogP contribution in [0.2, 0.25) is 0 Å². The monoisotopic (exact) mass is 247 g/mol. The second-order valence-electron chi connectivity index (χ2n) is 5.04. The lowest BCUT2D eigenvalue weighted by molar-refractivity contribution is 0.0951. The summed E-state index contributed by atoms with van der Waals surface area (Å²) in [6.07, 6.45) is 3.95. The highest BCUT2D eigenvalue weighted by molar-refractivity contribution is 5.94. The molecule has 2 atom stereocenters. The van der Waals surface area contributed by atoms with Gasteiger partial charge in [0.05, 0.1) is 0 Å². The van der Waals surface area contributed by atoms with Crippen molar-refractivity contribution < 1.29 is 4.79 Å². The summed E-state index contributed by atoms with van der Waals surface area (Å²) in [5, 5.41) is 6.16. The van der Waals surface area contributed by atoms with Crippen LogP contribution in [-0.2, 0) is 0 Å². The minimum atomic E-state index is -0.00366. The third-order valence-corrected chi connectivity index (χ3v) is 3.38. The van der Waals surface area contributed by atoms with Gasteiger partial charge in [-0.3, -0.25) is 4.79 Å². The highest BCUT2D eigenvalue weighted by Crippen LogP contribution is 2.36. The number of carbonyl (C=O) groups is 1. The zero-order chi connectivity index (χ0) is 13.0. The minimum Gasteiger partial charge on any atom is -0.370 e. The summed E-state index contributed by atoms with van der Waals surface area (Å²) in [5.41, 5.74) is 0.678. The Kier molecular flexibility index (Phi) is 4.18. The quantitative estimate of drug-likeness (QED) is 0.811. The summed E-state index contributed by atoms with van der Waals surface area (Å²) in [5.74, 6) is 2.21. The lowest BCUT2D eigenvalue weighted by Crippen LogP contribution is -2.26. The molecule has 18 heavy (non-hydrogen) atoms. The van der Waals surface area contributed by atoms with Crippen molar-refractivity contribution in [1.82, 2.24) is 10.3 Å². The van der Waals surface area contributed by atoms with Crippen molar-refractivity contribution in [3.8, 4) is 0 Å². The summed E-state index contributed by atoms with van der Waals surface area (Å²) in [7, 11) is 0. The van der Waals surface area contributed by atoms with E-state index in [1.54, 1.807) is 18.3 Å². The predicted molar refractivity (Wildman–Crippen MR) is 72.6 cm³/mol. The number of rotatable bonds is 6. The highest BCUT2D eigenvalue weighted by atomic mass is 16.1. The zero-order valence-corrected chi connectivity index (χ0v) is 11.1. The molecule has 1 heterocycles. The van der Waals surface area contributed by atoms with E-state index in [4.69, 9.17) is 0 Å². The fourth-order valence-corrected chi connectivity index (χ4v) is 1.93. The van der Waals surface area contributed by atoms with Crippen LogP contribution >= 0.6 is 0 Å². The number of hydrogen-bond donors (Lipinski definition) is 2. The number of hydrogen-bond acceptors (Lipinski definition) is 3. The van der Waals surface area contributed by atoms with Gasteiger partial charge in [0.15, 0.2) is 0 Å². The molecule has 1 aromatic rings. The molecule has 1 fully saturated rings. The number of aromatic nitrogens is 1. The molecule has 0 bridgehead atoms. The Labute approximate surface area is 108 Å². The molecular formula is C14H21N3O. The van der Waals surface area contributed by atoms with E-state index in [1.807, 2.05) is 0 Å². The Morgan fingerprint density at radius 3 is 3.00 bits per heavy atom. The molecule has 0 radical (unpaired) electrons. The van der Waals surface area contributed by atoms with Crippen LogP contribution in [0, 0.1) is 11.8 Å². The van der Waals surface area contributed by atoms with Gasteiger partial charge >= 0.3 is 0 Å². The van der Waals surface area contributed by atoms with Crippen LogP contribution in [0.1, 0.15) is 37.0 Å². The van der Waals surface area contributed by atoms with Gasteiger partial charge < -0.3 is 10.6 Å². The molecule has 1 aliphatic carbocycles. The van der Waals surface area contributed by atoms with E-state index >= 15 is 0 Å². The molecule has 0 aromatic carbocycles. The lowest BCUT2D eigenvalue weighted by atomic mass is 10.2.